The van der Waals surface area contributed by atoms with E-state index in [4.69, 9.17) is 46.4 Å². The molecule has 8 heteroatoms. The summed E-state index contributed by atoms with van der Waals surface area (Å²) in [5.41, 5.74) is 2.20. The summed E-state index contributed by atoms with van der Waals surface area (Å²) in [6.07, 6.45) is 0. The molecule has 0 spiro atoms. The topological polar surface area (TPSA) is 42.0 Å². The van der Waals surface area contributed by atoms with E-state index in [1.807, 2.05) is 24.3 Å². The maximum absolute atomic E-state index is 12.8. The Bertz CT molecular complexity index is 1190. The molecule has 1 amide bonds. The van der Waals surface area contributed by atoms with Crippen LogP contribution < -0.4 is 5.32 Å². The predicted octanol–water partition coefficient (Wildman–Crippen LogP) is 7.83. The fraction of sp³-hybridized carbons (Fsp3) is 0. The van der Waals surface area contributed by atoms with Crippen molar-refractivity contribution >= 4 is 79.6 Å². The summed E-state index contributed by atoms with van der Waals surface area (Å²) in [6.45, 7) is 0. The van der Waals surface area contributed by atoms with Gasteiger partial charge in [0.05, 0.1) is 31.5 Å². The van der Waals surface area contributed by atoms with Crippen molar-refractivity contribution in [2.24, 2.45) is 0 Å². The third-order valence-electron chi connectivity index (χ3n) is 3.99. The highest BCUT2D eigenvalue weighted by Gasteiger charge is 2.19. The first kappa shape index (κ1) is 19.5. The third kappa shape index (κ3) is 3.84. The molecular weight excluding hydrogens is 458 g/mol. The third-order valence-corrected chi connectivity index (χ3v) is 6.13. The van der Waals surface area contributed by atoms with Crippen molar-refractivity contribution in [2.45, 2.75) is 0 Å². The van der Waals surface area contributed by atoms with E-state index in [1.54, 1.807) is 24.3 Å². The van der Waals surface area contributed by atoms with Gasteiger partial charge in [-0.05, 0) is 42.5 Å². The second-order valence-corrected chi connectivity index (χ2v) is 8.59. The van der Waals surface area contributed by atoms with Gasteiger partial charge in [0.2, 0.25) is 0 Å². The van der Waals surface area contributed by atoms with Gasteiger partial charge in [-0.1, -0.05) is 58.5 Å². The molecule has 0 saturated carbocycles. The van der Waals surface area contributed by atoms with E-state index in [-0.39, 0.29) is 10.6 Å². The number of nitrogens with one attached hydrogen (secondary N) is 1. The number of para-hydroxylation sites is 1. The van der Waals surface area contributed by atoms with Crippen molar-refractivity contribution in [3.8, 4) is 10.6 Å². The molecule has 0 aliphatic heterocycles. The molecule has 0 unspecified atom stereocenters. The van der Waals surface area contributed by atoms with Crippen molar-refractivity contribution in [1.82, 2.24) is 4.98 Å². The van der Waals surface area contributed by atoms with Gasteiger partial charge >= 0.3 is 0 Å². The molecule has 0 radical (unpaired) electrons. The van der Waals surface area contributed by atoms with Gasteiger partial charge in [0.15, 0.2) is 0 Å². The number of nitrogens with zero attached hydrogens (tertiary/aromatic N) is 1. The van der Waals surface area contributed by atoms with Crippen LogP contribution in [0.3, 0.4) is 0 Å². The van der Waals surface area contributed by atoms with Gasteiger partial charge in [0.25, 0.3) is 5.91 Å². The number of carbonyl (C=O) groups is 1. The standard InChI is InChI=1S/C20H10Cl4N2OS/c21-10-5-6-12(14(23)8-10)19(27)26-18-13(7-11(22)9-15(18)24)20-25-16-3-1-2-4-17(16)28-20/h1-9H,(H,26,27). The molecule has 0 saturated heterocycles. The highest BCUT2D eigenvalue weighted by atomic mass is 35.5. The number of anilines is 1. The van der Waals surface area contributed by atoms with Crippen molar-refractivity contribution in [3.63, 3.8) is 0 Å². The van der Waals surface area contributed by atoms with Crippen LogP contribution in [0.1, 0.15) is 10.4 Å². The van der Waals surface area contributed by atoms with E-state index in [0.717, 1.165) is 10.2 Å². The Kier molecular flexibility index (Phi) is 5.50. The fourth-order valence-corrected chi connectivity index (χ4v) is 4.73. The number of halogens is 4. The Morgan fingerprint density at radius 3 is 2.39 bits per heavy atom. The van der Waals surface area contributed by atoms with E-state index >= 15 is 0 Å². The summed E-state index contributed by atoms with van der Waals surface area (Å²) in [6, 6.07) is 15.7. The van der Waals surface area contributed by atoms with Gasteiger partial charge in [-0.3, -0.25) is 4.79 Å². The Balaban J connectivity index is 1.79. The number of thiazole rings is 1. The smallest absolute Gasteiger partial charge is 0.257 e. The number of fused-ring (bicyclic) bond motifs is 1. The largest absolute Gasteiger partial charge is 0.320 e. The Morgan fingerprint density at radius 2 is 1.64 bits per heavy atom. The van der Waals surface area contributed by atoms with Crippen molar-refractivity contribution < 1.29 is 4.79 Å². The molecule has 1 heterocycles. The molecule has 4 rings (SSSR count). The summed E-state index contributed by atoms with van der Waals surface area (Å²) < 4.78 is 1.02. The summed E-state index contributed by atoms with van der Waals surface area (Å²) in [5, 5.41) is 4.98. The maximum Gasteiger partial charge on any atom is 0.257 e. The monoisotopic (exact) mass is 466 g/mol. The normalized spacial score (nSPS) is 11.0. The van der Waals surface area contributed by atoms with Gasteiger partial charge in [-0.15, -0.1) is 11.3 Å². The molecule has 0 aliphatic rings. The zero-order valence-corrected chi connectivity index (χ0v) is 17.8. The molecule has 140 valence electrons. The fourth-order valence-electron chi connectivity index (χ4n) is 2.71. The zero-order valence-electron chi connectivity index (χ0n) is 14.0. The second-order valence-electron chi connectivity index (χ2n) is 5.88. The Morgan fingerprint density at radius 1 is 0.893 bits per heavy atom. The zero-order chi connectivity index (χ0) is 19.8. The molecule has 3 nitrogen and oxygen atoms in total. The SMILES string of the molecule is O=C(Nc1c(Cl)cc(Cl)cc1-c1nc2ccccc2s1)c1ccc(Cl)cc1Cl. The van der Waals surface area contributed by atoms with Crippen LogP contribution in [0.5, 0.6) is 0 Å². The van der Waals surface area contributed by atoms with Crippen LogP contribution in [-0.2, 0) is 0 Å². The van der Waals surface area contributed by atoms with Gasteiger partial charge in [-0.25, -0.2) is 4.98 Å². The molecule has 1 aromatic heterocycles. The molecule has 0 aliphatic carbocycles. The van der Waals surface area contributed by atoms with E-state index in [0.29, 0.717) is 31.3 Å². The molecule has 1 N–H and O–H groups in total. The summed E-state index contributed by atoms with van der Waals surface area (Å²) in [4.78, 5) is 17.4. The minimum Gasteiger partial charge on any atom is -0.320 e. The molecule has 3 aromatic carbocycles. The van der Waals surface area contributed by atoms with Crippen LogP contribution in [0.2, 0.25) is 20.1 Å². The van der Waals surface area contributed by atoms with Crippen molar-refractivity contribution in [3.05, 3.63) is 80.3 Å². The predicted molar refractivity (Wildman–Crippen MR) is 119 cm³/mol. The number of benzene rings is 3. The lowest BCUT2D eigenvalue weighted by Gasteiger charge is -2.13. The minimum atomic E-state index is -0.409. The highest BCUT2D eigenvalue weighted by Crippen LogP contribution is 2.40. The first-order valence-corrected chi connectivity index (χ1v) is 10.4. The number of hydrogen-bond donors (Lipinski definition) is 1. The van der Waals surface area contributed by atoms with E-state index in [2.05, 4.69) is 10.3 Å². The van der Waals surface area contributed by atoms with E-state index < -0.39 is 5.91 Å². The van der Waals surface area contributed by atoms with Crippen LogP contribution in [0, 0.1) is 0 Å². The average molecular weight is 468 g/mol. The van der Waals surface area contributed by atoms with E-state index in [9.17, 15) is 4.79 Å². The van der Waals surface area contributed by atoms with Gasteiger partial charge in [0.1, 0.15) is 5.01 Å². The van der Waals surface area contributed by atoms with Crippen molar-refractivity contribution in [1.29, 1.82) is 0 Å². The molecule has 0 fully saturated rings. The first-order chi connectivity index (χ1) is 13.4. The van der Waals surface area contributed by atoms with Crippen LogP contribution >= 0.6 is 57.7 Å². The van der Waals surface area contributed by atoms with E-state index in [1.165, 1.54) is 17.4 Å². The van der Waals surface area contributed by atoms with Crippen molar-refractivity contribution in [2.75, 3.05) is 5.32 Å². The molecule has 28 heavy (non-hydrogen) atoms. The van der Waals surface area contributed by atoms with Gasteiger partial charge < -0.3 is 5.32 Å². The number of aromatic nitrogens is 1. The molecule has 4 aromatic rings. The average Bonchev–Trinajstić information content (AvgIpc) is 3.07. The summed E-state index contributed by atoms with van der Waals surface area (Å²) >= 11 is 26.2. The van der Waals surface area contributed by atoms with Crippen LogP contribution in [0.4, 0.5) is 5.69 Å². The lowest BCUT2D eigenvalue weighted by atomic mass is 10.1. The Labute approximate surface area is 184 Å². The lowest BCUT2D eigenvalue weighted by molar-refractivity contribution is 0.102. The number of rotatable bonds is 3. The molecule has 0 atom stereocenters. The first-order valence-electron chi connectivity index (χ1n) is 8.04. The van der Waals surface area contributed by atoms with Crippen LogP contribution in [-0.4, -0.2) is 10.9 Å². The number of carbonyl (C=O) groups excluding carboxylic acids is 1. The quantitative estimate of drug-likeness (QED) is 0.333. The van der Waals surface area contributed by atoms with Gasteiger partial charge in [0, 0.05) is 15.6 Å². The minimum absolute atomic E-state index is 0.247. The molecule has 0 bridgehead atoms. The highest BCUT2D eigenvalue weighted by molar-refractivity contribution is 7.21. The summed E-state index contributed by atoms with van der Waals surface area (Å²) in [7, 11) is 0. The molecular formula is C20H10Cl4N2OS. The Hall–Kier alpha value is -1.82. The second kappa shape index (κ2) is 7.90. The number of hydrogen-bond acceptors (Lipinski definition) is 3. The maximum atomic E-state index is 12.8. The van der Waals surface area contributed by atoms with Crippen LogP contribution in [0.15, 0.2) is 54.6 Å². The lowest BCUT2D eigenvalue weighted by Crippen LogP contribution is -2.13. The summed E-state index contributed by atoms with van der Waals surface area (Å²) in [5.74, 6) is -0.409. The number of amides is 1. The van der Waals surface area contributed by atoms with Gasteiger partial charge in [-0.2, -0.15) is 0 Å². The van der Waals surface area contributed by atoms with Crippen LogP contribution in [0.25, 0.3) is 20.8 Å².